The monoisotopic (exact) mass is 768 g/mol. The summed E-state index contributed by atoms with van der Waals surface area (Å²) in [5, 5.41) is 15.9. The fraction of sp³-hybridized carbons (Fsp3) is 0.568. The lowest BCUT2D eigenvalue weighted by molar-refractivity contribution is -0.142. The first-order valence-corrected chi connectivity index (χ1v) is 19.8. The summed E-state index contributed by atoms with van der Waals surface area (Å²) in [6.45, 7) is 5.32. The minimum atomic E-state index is -4.03. The van der Waals surface area contributed by atoms with E-state index in [0.717, 1.165) is 6.42 Å². The van der Waals surface area contributed by atoms with Gasteiger partial charge in [0.25, 0.3) is 11.8 Å². The van der Waals surface area contributed by atoms with Crippen LogP contribution in [0.4, 0.5) is 4.79 Å². The number of sulfonamides is 1. The number of benzene rings is 1. The topological polar surface area (TPSA) is 236 Å². The van der Waals surface area contributed by atoms with Crippen LogP contribution in [0.15, 0.2) is 36.5 Å². The van der Waals surface area contributed by atoms with Crippen LogP contribution in [-0.2, 0) is 24.4 Å². The maximum absolute atomic E-state index is 14.5. The van der Waals surface area contributed by atoms with Gasteiger partial charge in [0.1, 0.15) is 29.5 Å². The first-order valence-electron chi connectivity index (χ1n) is 18.3. The minimum Gasteiger partial charge on any atom is -0.497 e. The summed E-state index contributed by atoms with van der Waals surface area (Å²) < 4.78 is 39.1. The van der Waals surface area contributed by atoms with E-state index in [-0.39, 0.29) is 36.7 Å². The van der Waals surface area contributed by atoms with Gasteiger partial charge in [-0.1, -0.05) is 32.4 Å². The lowest BCUT2D eigenvalue weighted by Gasteiger charge is -2.33. The van der Waals surface area contributed by atoms with E-state index in [1.807, 2.05) is 26.0 Å². The Morgan fingerprint density at radius 3 is 2.56 bits per heavy atom. The number of fused-ring (bicyclic) bond motifs is 3. The number of amides is 5. The quantitative estimate of drug-likeness (QED) is 0.233. The van der Waals surface area contributed by atoms with E-state index in [1.54, 1.807) is 25.1 Å². The van der Waals surface area contributed by atoms with Crippen LogP contribution in [0, 0.1) is 17.8 Å². The Hall–Kier alpha value is -4.93. The number of nitrogens with one attached hydrogen (secondary N) is 3. The van der Waals surface area contributed by atoms with Gasteiger partial charge in [0.05, 0.1) is 24.0 Å². The smallest absolute Gasteiger partial charge is 0.405 e. The van der Waals surface area contributed by atoms with Gasteiger partial charge in [-0.25, -0.2) is 18.2 Å². The summed E-state index contributed by atoms with van der Waals surface area (Å²) in [4.78, 5) is 72.8. The number of aromatic nitrogens is 1. The molecule has 3 fully saturated rings. The SMILES string of the molecule is CC[C@@H]1C[C@H](C)CC/C=C\[C@@H]2C[C@@]2(C(=O)NS(=O)(=O)C2(C)CC2)NC(=O)[C@@H]2C[C@@H](Oc3ncc(C(N)=O)c4cc(OC)ccc34)CN2C(=O)[C@H]1NC(=O)O. The highest BCUT2D eigenvalue weighted by Gasteiger charge is 2.63. The van der Waals surface area contributed by atoms with Gasteiger partial charge in [0, 0.05) is 29.3 Å². The molecule has 6 N–H and O–H groups in total. The molecule has 4 aliphatic rings. The molecule has 1 aromatic carbocycles. The fourth-order valence-corrected chi connectivity index (χ4v) is 9.03. The summed E-state index contributed by atoms with van der Waals surface area (Å²) in [6.07, 6.45) is 6.02. The summed E-state index contributed by atoms with van der Waals surface area (Å²) >= 11 is 0. The first kappa shape index (κ1) is 38.8. The van der Waals surface area contributed by atoms with Crippen LogP contribution in [0.3, 0.4) is 0 Å². The van der Waals surface area contributed by atoms with Gasteiger partial charge in [-0.15, -0.1) is 0 Å². The van der Waals surface area contributed by atoms with Crippen LogP contribution in [-0.4, -0.2) is 95.3 Å². The number of carbonyl (C=O) groups excluding carboxylic acids is 4. The third-order valence-corrected chi connectivity index (χ3v) is 13.6. The predicted octanol–water partition coefficient (Wildman–Crippen LogP) is 2.60. The summed E-state index contributed by atoms with van der Waals surface area (Å²) in [7, 11) is -2.56. The maximum atomic E-state index is 14.5. The molecule has 6 rings (SSSR count). The normalized spacial score (nSPS) is 30.0. The van der Waals surface area contributed by atoms with Crippen molar-refractivity contribution in [3.8, 4) is 11.6 Å². The lowest BCUT2D eigenvalue weighted by Crippen LogP contribution is -2.59. The Morgan fingerprint density at radius 1 is 1.17 bits per heavy atom. The molecule has 0 bridgehead atoms. The molecule has 16 nitrogen and oxygen atoms in total. The number of hydrogen-bond donors (Lipinski definition) is 5. The number of methoxy groups -OCH3 is 1. The third-order valence-electron chi connectivity index (χ3n) is 11.5. The van der Waals surface area contributed by atoms with Crippen LogP contribution in [0.5, 0.6) is 11.6 Å². The third kappa shape index (κ3) is 7.54. The highest BCUT2D eigenvalue weighted by Crippen LogP contribution is 2.47. The molecule has 3 heterocycles. The molecule has 17 heteroatoms. The molecule has 0 unspecified atom stereocenters. The highest BCUT2D eigenvalue weighted by molar-refractivity contribution is 7.91. The predicted molar refractivity (Wildman–Crippen MR) is 196 cm³/mol. The van der Waals surface area contributed by atoms with Crippen LogP contribution in [0.1, 0.15) is 82.5 Å². The zero-order chi connectivity index (χ0) is 39.2. The molecule has 1 saturated heterocycles. The number of nitrogens with two attached hydrogens (primary N) is 1. The average Bonchev–Trinajstić information content (AvgIpc) is 4.00. The van der Waals surface area contributed by atoms with Crippen molar-refractivity contribution in [2.45, 2.75) is 101 Å². The van der Waals surface area contributed by atoms with Gasteiger partial charge < -0.3 is 35.8 Å². The van der Waals surface area contributed by atoms with Crippen molar-refractivity contribution in [2.75, 3.05) is 13.7 Å². The number of carboxylic acid groups (broad SMARTS) is 1. The van der Waals surface area contributed by atoms with Gasteiger partial charge in [0.2, 0.25) is 27.7 Å². The number of pyridine rings is 1. The largest absolute Gasteiger partial charge is 0.497 e. The molecule has 0 radical (unpaired) electrons. The van der Waals surface area contributed by atoms with Crippen LogP contribution in [0.25, 0.3) is 10.8 Å². The minimum absolute atomic E-state index is 0.0734. The Bertz CT molecular complexity index is 2000. The van der Waals surface area contributed by atoms with Gasteiger partial charge >= 0.3 is 6.09 Å². The zero-order valence-corrected chi connectivity index (χ0v) is 31.6. The molecule has 5 amide bonds. The second-order valence-corrected chi connectivity index (χ2v) is 17.5. The number of allylic oxidation sites excluding steroid dienone is 1. The highest BCUT2D eigenvalue weighted by atomic mass is 32.2. The van der Waals surface area contributed by atoms with Crippen molar-refractivity contribution in [3.05, 3.63) is 42.1 Å². The number of primary amides is 1. The van der Waals surface area contributed by atoms with Gasteiger partial charge in [-0.2, -0.15) is 0 Å². The fourth-order valence-electron chi connectivity index (χ4n) is 7.72. The van der Waals surface area contributed by atoms with E-state index >= 15 is 0 Å². The van der Waals surface area contributed by atoms with E-state index in [4.69, 9.17) is 15.2 Å². The van der Waals surface area contributed by atoms with E-state index in [1.165, 1.54) is 18.2 Å². The van der Waals surface area contributed by atoms with Crippen LogP contribution >= 0.6 is 0 Å². The molecule has 2 saturated carbocycles. The van der Waals surface area contributed by atoms with Crippen molar-refractivity contribution < 1.29 is 47.0 Å². The van der Waals surface area contributed by atoms with E-state index in [9.17, 15) is 37.5 Å². The van der Waals surface area contributed by atoms with Gasteiger partial charge in [0.15, 0.2) is 0 Å². The maximum Gasteiger partial charge on any atom is 0.405 e. The molecular weight excluding hydrogens is 721 g/mol. The summed E-state index contributed by atoms with van der Waals surface area (Å²) in [6, 6.07) is 2.49. The van der Waals surface area contributed by atoms with Crippen molar-refractivity contribution >= 4 is 50.5 Å². The number of rotatable bonds is 9. The number of carbonyl (C=O) groups is 5. The lowest BCUT2D eigenvalue weighted by atomic mass is 9.85. The Labute approximate surface area is 313 Å². The Balaban J connectivity index is 1.37. The molecule has 7 atom stereocenters. The molecule has 2 aliphatic carbocycles. The van der Waals surface area contributed by atoms with E-state index in [2.05, 4.69) is 20.3 Å². The van der Waals surface area contributed by atoms with Crippen molar-refractivity contribution in [2.24, 2.45) is 23.5 Å². The molecule has 292 valence electrons. The zero-order valence-electron chi connectivity index (χ0n) is 30.8. The van der Waals surface area contributed by atoms with Crippen molar-refractivity contribution in [1.82, 2.24) is 25.2 Å². The first-order chi connectivity index (χ1) is 25.5. The van der Waals surface area contributed by atoms with E-state index < -0.39 is 80.1 Å². The molecule has 0 spiro atoms. The number of ether oxygens (including phenoxy) is 2. The Kier molecular flexibility index (Phi) is 10.6. The average molecular weight is 769 g/mol. The molecule has 1 aromatic heterocycles. The van der Waals surface area contributed by atoms with Crippen molar-refractivity contribution in [3.63, 3.8) is 0 Å². The number of hydrogen-bond acceptors (Lipinski definition) is 10. The van der Waals surface area contributed by atoms with Crippen LogP contribution in [0.2, 0.25) is 0 Å². The standard InChI is InChI=1S/C37H48N6O10S/c1-5-21-14-20(2)8-6-7-9-22-17-37(22,34(47)42-54(50,51)36(3)12-13-36)41-31(45)28-16-24(19-43(28)33(46)29(21)40-35(48)49)53-32-25-11-10-23(52-4)15-26(25)27(18-39-32)30(38)44/h7,9-11,15,18,20-22,24,28-29,40H,5-6,8,12-14,16-17,19H2,1-4H3,(H2,38,44)(H,41,45)(H,42,47)(H,48,49)/b9-7-/t20-,21-,22-,24-,28+,29+,37-/m1/s1. The van der Waals surface area contributed by atoms with Gasteiger partial charge in [-0.05, 0) is 75.5 Å². The van der Waals surface area contributed by atoms with E-state index in [0.29, 0.717) is 48.6 Å². The second-order valence-electron chi connectivity index (χ2n) is 15.3. The molecule has 54 heavy (non-hydrogen) atoms. The van der Waals surface area contributed by atoms with Crippen LogP contribution < -0.4 is 30.6 Å². The second kappa shape index (κ2) is 14.7. The summed E-state index contributed by atoms with van der Waals surface area (Å²) in [5.41, 5.74) is 4.16. The molecule has 2 aromatic rings. The molecular formula is C37H48N6O10S. The van der Waals surface area contributed by atoms with Crippen molar-refractivity contribution in [1.29, 1.82) is 0 Å². The Morgan fingerprint density at radius 2 is 1.91 bits per heavy atom. The summed E-state index contributed by atoms with van der Waals surface area (Å²) in [5.74, 6) is -3.16. The van der Waals surface area contributed by atoms with Gasteiger partial charge in [-0.3, -0.25) is 23.9 Å². The molecule has 2 aliphatic heterocycles. The number of nitrogens with zero attached hydrogens (tertiary/aromatic N) is 2.